The average molecular weight is 330 g/mol. The summed E-state index contributed by atoms with van der Waals surface area (Å²) in [6.45, 7) is 0.127. The second kappa shape index (κ2) is 13.0. The van der Waals surface area contributed by atoms with Crippen molar-refractivity contribution in [2.24, 2.45) is 0 Å². The summed E-state index contributed by atoms with van der Waals surface area (Å²) in [6, 6.07) is 0. The molecule has 0 rings (SSSR count). The van der Waals surface area contributed by atoms with Gasteiger partial charge in [-0.2, -0.15) is 0 Å². The van der Waals surface area contributed by atoms with Crippen LogP contribution in [0.2, 0.25) is 0 Å². The van der Waals surface area contributed by atoms with Crippen LogP contribution in [0.25, 0.3) is 0 Å². The molecule has 0 aliphatic heterocycles. The first-order valence-electron chi connectivity index (χ1n) is 6.43. The second-order valence-electron chi connectivity index (χ2n) is 3.66. The van der Waals surface area contributed by atoms with Crippen molar-refractivity contribution in [3.05, 3.63) is 24.3 Å². The van der Waals surface area contributed by atoms with Crippen molar-refractivity contribution in [2.75, 3.05) is 40.6 Å². The van der Waals surface area contributed by atoms with Crippen LogP contribution in [0.1, 0.15) is 0 Å². The maximum atomic E-state index is 11.1. The molecule has 9 nitrogen and oxygen atoms in total. The van der Waals surface area contributed by atoms with Crippen molar-refractivity contribution in [1.82, 2.24) is 0 Å². The van der Waals surface area contributed by atoms with Crippen molar-refractivity contribution < 1.29 is 42.9 Å². The molecular formula is C14H18O9. The summed E-state index contributed by atoms with van der Waals surface area (Å²) in [5, 5.41) is 0. The molecule has 0 aliphatic carbocycles. The lowest BCUT2D eigenvalue weighted by Crippen LogP contribution is -2.13. The summed E-state index contributed by atoms with van der Waals surface area (Å²) in [4.78, 5) is 43.6. The van der Waals surface area contributed by atoms with Crippen LogP contribution in [0.5, 0.6) is 0 Å². The number of carbonyl (C=O) groups is 4. The van der Waals surface area contributed by atoms with E-state index >= 15 is 0 Å². The molecule has 0 saturated carbocycles. The minimum Gasteiger partial charge on any atom is -0.466 e. The second-order valence-corrected chi connectivity index (χ2v) is 3.66. The zero-order valence-electron chi connectivity index (χ0n) is 12.8. The van der Waals surface area contributed by atoms with Gasteiger partial charge in [-0.1, -0.05) is 0 Å². The maximum Gasteiger partial charge on any atom is 0.331 e. The predicted octanol–water partition coefficient (Wildman–Crippen LogP) is -0.452. The largest absolute Gasteiger partial charge is 0.466 e. The number of hydrogen-bond acceptors (Lipinski definition) is 9. The van der Waals surface area contributed by atoms with Gasteiger partial charge in [0.05, 0.1) is 27.4 Å². The van der Waals surface area contributed by atoms with Gasteiger partial charge in [-0.25, -0.2) is 19.2 Å². The summed E-state index contributed by atoms with van der Waals surface area (Å²) in [6.07, 6.45) is 3.73. The van der Waals surface area contributed by atoms with E-state index in [1.165, 1.54) is 14.2 Å². The molecule has 23 heavy (non-hydrogen) atoms. The van der Waals surface area contributed by atoms with Gasteiger partial charge in [0.15, 0.2) is 0 Å². The first-order chi connectivity index (χ1) is 11.0. The summed E-state index contributed by atoms with van der Waals surface area (Å²) in [5.41, 5.74) is 0. The highest BCUT2D eigenvalue weighted by Gasteiger charge is 2.01. The van der Waals surface area contributed by atoms with Crippen LogP contribution in [-0.2, 0) is 42.9 Å². The van der Waals surface area contributed by atoms with Crippen LogP contribution in [0.3, 0.4) is 0 Å². The molecule has 0 unspecified atom stereocenters. The molecule has 128 valence electrons. The third kappa shape index (κ3) is 12.8. The topological polar surface area (TPSA) is 114 Å². The van der Waals surface area contributed by atoms with Crippen molar-refractivity contribution in [1.29, 1.82) is 0 Å². The van der Waals surface area contributed by atoms with Crippen LogP contribution < -0.4 is 0 Å². The molecule has 0 aliphatic rings. The molecule has 0 aromatic heterocycles. The quantitative estimate of drug-likeness (QED) is 0.227. The Labute approximate surface area is 132 Å². The number of rotatable bonds is 10. The van der Waals surface area contributed by atoms with E-state index < -0.39 is 23.9 Å². The zero-order chi connectivity index (χ0) is 17.5. The normalized spacial score (nSPS) is 10.5. The highest BCUT2D eigenvalue weighted by Crippen LogP contribution is 1.87. The zero-order valence-corrected chi connectivity index (χ0v) is 12.8. The monoisotopic (exact) mass is 330 g/mol. The Bertz CT molecular complexity index is 423. The smallest absolute Gasteiger partial charge is 0.331 e. The molecular weight excluding hydrogens is 312 g/mol. The minimum atomic E-state index is -0.710. The molecule has 0 amide bonds. The first-order valence-corrected chi connectivity index (χ1v) is 6.43. The molecule has 0 radical (unpaired) electrons. The van der Waals surface area contributed by atoms with E-state index in [1.807, 2.05) is 0 Å². The van der Waals surface area contributed by atoms with E-state index in [0.717, 1.165) is 24.3 Å². The highest BCUT2D eigenvalue weighted by molar-refractivity contribution is 5.92. The Hall–Kier alpha value is -2.68. The van der Waals surface area contributed by atoms with Gasteiger partial charge in [-0.05, 0) is 0 Å². The fourth-order valence-corrected chi connectivity index (χ4v) is 1.01. The van der Waals surface area contributed by atoms with Gasteiger partial charge < -0.3 is 23.7 Å². The third-order valence-electron chi connectivity index (χ3n) is 2.06. The SMILES string of the molecule is COC(=O)C=CC(=O)OCCOCCOC(=O)/C=C/C(=O)OC. The molecule has 0 heterocycles. The number of ether oxygens (including phenoxy) is 5. The summed E-state index contributed by atoms with van der Waals surface area (Å²) >= 11 is 0. The molecule has 0 aromatic rings. The Morgan fingerprint density at radius 2 is 0.957 bits per heavy atom. The van der Waals surface area contributed by atoms with Gasteiger partial charge in [0.2, 0.25) is 0 Å². The molecule has 0 atom stereocenters. The van der Waals surface area contributed by atoms with Crippen LogP contribution in [-0.4, -0.2) is 64.5 Å². The molecule has 9 heteroatoms. The lowest BCUT2D eigenvalue weighted by Gasteiger charge is -2.05. The predicted molar refractivity (Wildman–Crippen MR) is 75.0 cm³/mol. The van der Waals surface area contributed by atoms with Crippen LogP contribution in [0, 0.1) is 0 Å². The van der Waals surface area contributed by atoms with E-state index in [0.29, 0.717) is 0 Å². The van der Waals surface area contributed by atoms with Crippen molar-refractivity contribution in [2.45, 2.75) is 0 Å². The Morgan fingerprint density at radius 3 is 1.30 bits per heavy atom. The number of hydrogen-bond donors (Lipinski definition) is 0. The molecule has 0 saturated heterocycles. The Balaban J connectivity index is 3.60. The Morgan fingerprint density at radius 1 is 0.609 bits per heavy atom. The van der Waals surface area contributed by atoms with Crippen LogP contribution >= 0.6 is 0 Å². The number of methoxy groups -OCH3 is 2. The third-order valence-corrected chi connectivity index (χ3v) is 2.06. The lowest BCUT2D eigenvalue weighted by molar-refractivity contribution is -0.142. The maximum absolute atomic E-state index is 11.1. The highest BCUT2D eigenvalue weighted by atomic mass is 16.6. The van der Waals surface area contributed by atoms with E-state index in [1.54, 1.807) is 0 Å². The lowest BCUT2D eigenvalue weighted by atomic mass is 10.5. The number of esters is 4. The molecule has 0 fully saturated rings. The summed E-state index contributed by atoms with van der Waals surface area (Å²) < 4.78 is 23.1. The Kier molecular flexibility index (Phi) is 11.5. The summed E-state index contributed by atoms with van der Waals surface area (Å²) in [7, 11) is 2.37. The van der Waals surface area contributed by atoms with Gasteiger partial charge in [0, 0.05) is 24.3 Å². The first kappa shape index (κ1) is 20.3. The molecule has 0 spiro atoms. The van der Waals surface area contributed by atoms with Gasteiger partial charge in [0.1, 0.15) is 13.2 Å². The molecule has 0 bridgehead atoms. The van der Waals surface area contributed by atoms with E-state index in [4.69, 9.17) is 14.2 Å². The standard InChI is InChI=1S/C14H18O9/c1-19-11(15)3-5-13(17)22-9-7-21-8-10-23-14(18)6-4-12(16)20-2/h3-6H,7-10H2,1-2H3/b5-3+,6-4?. The van der Waals surface area contributed by atoms with Crippen molar-refractivity contribution >= 4 is 23.9 Å². The fourth-order valence-electron chi connectivity index (χ4n) is 1.01. The van der Waals surface area contributed by atoms with Crippen molar-refractivity contribution in [3.8, 4) is 0 Å². The van der Waals surface area contributed by atoms with Gasteiger partial charge >= 0.3 is 23.9 Å². The van der Waals surface area contributed by atoms with Gasteiger partial charge in [-0.15, -0.1) is 0 Å². The molecule has 0 aromatic carbocycles. The van der Waals surface area contributed by atoms with Crippen LogP contribution in [0.15, 0.2) is 24.3 Å². The fraction of sp³-hybridized carbons (Fsp3) is 0.429. The van der Waals surface area contributed by atoms with E-state index in [9.17, 15) is 19.2 Å². The van der Waals surface area contributed by atoms with Crippen LogP contribution in [0.4, 0.5) is 0 Å². The van der Waals surface area contributed by atoms with Gasteiger partial charge in [-0.3, -0.25) is 0 Å². The van der Waals surface area contributed by atoms with E-state index in [-0.39, 0.29) is 26.4 Å². The molecule has 0 N–H and O–H groups in total. The average Bonchev–Trinajstić information content (AvgIpc) is 2.56. The summed E-state index contributed by atoms with van der Waals surface area (Å²) in [5.74, 6) is -2.75. The minimum absolute atomic E-state index is 0.0272. The van der Waals surface area contributed by atoms with Gasteiger partial charge in [0.25, 0.3) is 0 Å². The van der Waals surface area contributed by atoms with E-state index in [2.05, 4.69) is 9.47 Å². The van der Waals surface area contributed by atoms with Crippen molar-refractivity contribution in [3.63, 3.8) is 0 Å². The number of carbonyl (C=O) groups excluding carboxylic acids is 4.